The normalized spacial score (nSPS) is 10.2. The quantitative estimate of drug-likeness (QED) is 0.933. The largest absolute Gasteiger partial charge is 0.472 e. The van der Waals surface area contributed by atoms with Gasteiger partial charge in [-0.25, -0.2) is 4.98 Å². The molecule has 0 aliphatic heterocycles. The van der Waals surface area contributed by atoms with Crippen LogP contribution in [0.1, 0.15) is 5.56 Å². The molecule has 18 heavy (non-hydrogen) atoms. The average molecular weight is 329 g/mol. The molecule has 1 aromatic heterocycles. The van der Waals surface area contributed by atoms with Crippen LogP contribution in [-0.4, -0.2) is 17.0 Å². The molecular weight excluding hydrogens is 318 g/mol. The van der Waals surface area contributed by atoms with Crippen molar-refractivity contribution in [2.45, 2.75) is 6.61 Å². The van der Waals surface area contributed by atoms with Crippen molar-refractivity contribution in [1.82, 2.24) is 9.97 Å². The summed E-state index contributed by atoms with van der Waals surface area (Å²) >= 11 is 9.25. The Labute approximate surface area is 118 Å². The van der Waals surface area contributed by atoms with Crippen LogP contribution >= 0.6 is 27.5 Å². The van der Waals surface area contributed by atoms with Crippen molar-refractivity contribution in [3.63, 3.8) is 0 Å². The van der Waals surface area contributed by atoms with Crippen molar-refractivity contribution < 1.29 is 4.74 Å². The van der Waals surface area contributed by atoms with Crippen molar-refractivity contribution in [3.8, 4) is 5.88 Å². The molecule has 0 unspecified atom stereocenters. The Hall–Kier alpha value is -1.33. The highest BCUT2D eigenvalue weighted by molar-refractivity contribution is 9.10. The third-order valence-electron chi connectivity index (χ3n) is 2.20. The van der Waals surface area contributed by atoms with Gasteiger partial charge in [0, 0.05) is 12.1 Å². The molecule has 2 aromatic rings. The van der Waals surface area contributed by atoms with Crippen LogP contribution in [0.5, 0.6) is 5.88 Å². The summed E-state index contributed by atoms with van der Waals surface area (Å²) in [7, 11) is 1.75. The van der Waals surface area contributed by atoms with Crippen LogP contribution in [0, 0.1) is 0 Å². The highest BCUT2D eigenvalue weighted by Gasteiger charge is 2.06. The summed E-state index contributed by atoms with van der Waals surface area (Å²) in [5.74, 6) is 1.01. The number of benzene rings is 1. The van der Waals surface area contributed by atoms with Gasteiger partial charge in [-0.3, -0.25) is 0 Å². The molecule has 1 aromatic carbocycles. The number of rotatable bonds is 4. The molecule has 1 N–H and O–H groups in total. The number of hydrogen-bond donors (Lipinski definition) is 1. The lowest BCUT2D eigenvalue weighted by Crippen LogP contribution is -2.02. The minimum absolute atomic E-state index is 0.402. The van der Waals surface area contributed by atoms with Crippen LogP contribution < -0.4 is 10.1 Å². The molecule has 0 amide bonds. The maximum atomic E-state index is 5.91. The Kier molecular flexibility index (Phi) is 4.38. The molecule has 0 saturated carbocycles. The van der Waals surface area contributed by atoms with Crippen LogP contribution in [-0.2, 0) is 6.61 Å². The Morgan fingerprint density at radius 2 is 2.28 bits per heavy atom. The van der Waals surface area contributed by atoms with E-state index in [1.165, 1.54) is 0 Å². The van der Waals surface area contributed by atoms with Gasteiger partial charge in [-0.15, -0.1) is 0 Å². The summed E-state index contributed by atoms with van der Waals surface area (Å²) in [4.78, 5) is 8.26. The zero-order valence-corrected chi connectivity index (χ0v) is 12.0. The van der Waals surface area contributed by atoms with Gasteiger partial charge in [-0.1, -0.05) is 23.7 Å². The topological polar surface area (TPSA) is 47.0 Å². The number of nitrogens with one attached hydrogen (secondary N) is 1. The van der Waals surface area contributed by atoms with E-state index in [9.17, 15) is 0 Å². The second-order valence-corrected chi connectivity index (χ2v) is 4.81. The van der Waals surface area contributed by atoms with Gasteiger partial charge in [0.15, 0.2) is 0 Å². The summed E-state index contributed by atoms with van der Waals surface area (Å²) < 4.78 is 6.34. The first-order valence-corrected chi connectivity index (χ1v) is 6.43. The van der Waals surface area contributed by atoms with Gasteiger partial charge < -0.3 is 10.1 Å². The standard InChI is InChI=1S/C12H11BrClN3O/c1-15-12-16-6-10(13)11(17-12)18-7-8-3-2-4-9(14)5-8/h2-6H,7H2,1H3,(H,15,16,17). The van der Waals surface area contributed by atoms with E-state index in [4.69, 9.17) is 16.3 Å². The summed E-state index contributed by atoms with van der Waals surface area (Å²) in [5, 5.41) is 3.55. The van der Waals surface area contributed by atoms with Crippen molar-refractivity contribution in [1.29, 1.82) is 0 Å². The van der Waals surface area contributed by atoms with E-state index in [1.807, 2.05) is 24.3 Å². The van der Waals surface area contributed by atoms with Crippen LogP contribution in [0.2, 0.25) is 5.02 Å². The second-order valence-electron chi connectivity index (χ2n) is 3.52. The third kappa shape index (κ3) is 3.34. The SMILES string of the molecule is CNc1ncc(Br)c(OCc2cccc(Cl)c2)n1. The van der Waals surface area contributed by atoms with E-state index < -0.39 is 0 Å². The first-order valence-electron chi connectivity index (χ1n) is 5.26. The van der Waals surface area contributed by atoms with Crippen LogP contribution in [0.25, 0.3) is 0 Å². The summed E-state index contributed by atoms with van der Waals surface area (Å²) in [6.45, 7) is 0.402. The molecule has 4 nitrogen and oxygen atoms in total. The molecule has 0 fully saturated rings. The molecule has 0 saturated heterocycles. The van der Waals surface area contributed by atoms with Gasteiger partial charge in [0.05, 0.1) is 10.7 Å². The number of halogens is 2. The second kappa shape index (κ2) is 6.02. The summed E-state index contributed by atoms with van der Waals surface area (Å²) in [6.07, 6.45) is 1.64. The maximum Gasteiger partial charge on any atom is 0.233 e. The molecule has 94 valence electrons. The van der Waals surface area contributed by atoms with E-state index in [1.54, 1.807) is 13.2 Å². The minimum atomic E-state index is 0.402. The Bertz CT molecular complexity index is 551. The Morgan fingerprint density at radius 3 is 3.00 bits per heavy atom. The molecule has 0 aliphatic carbocycles. The first kappa shape index (κ1) is 13.1. The van der Waals surface area contributed by atoms with Gasteiger partial charge in [0.2, 0.25) is 11.8 Å². The smallest absolute Gasteiger partial charge is 0.233 e. The number of ether oxygens (including phenoxy) is 1. The zero-order chi connectivity index (χ0) is 13.0. The molecule has 2 rings (SSSR count). The highest BCUT2D eigenvalue weighted by Crippen LogP contribution is 2.23. The number of aromatic nitrogens is 2. The molecule has 0 bridgehead atoms. The molecule has 0 aliphatic rings. The van der Waals surface area contributed by atoms with Crippen molar-refractivity contribution in [2.24, 2.45) is 0 Å². The number of hydrogen-bond acceptors (Lipinski definition) is 4. The molecule has 0 radical (unpaired) electrons. The van der Waals surface area contributed by atoms with Crippen LogP contribution in [0.15, 0.2) is 34.9 Å². The van der Waals surface area contributed by atoms with E-state index in [2.05, 4.69) is 31.2 Å². The van der Waals surface area contributed by atoms with Gasteiger partial charge in [-0.2, -0.15) is 4.98 Å². The zero-order valence-electron chi connectivity index (χ0n) is 9.65. The van der Waals surface area contributed by atoms with E-state index >= 15 is 0 Å². The maximum absolute atomic E-state index is 5.91. The average Bonchev–Trinajstić information content (AvgIpc) is 2.38. The van der Waals surface area contributed by atoms with Gasteiger partial charge in [-0.05, 0) is 33.6 Å². The fraction of sp³-hybridized carbons (Fsp3) is 0.167. The number of anilines is 1. The molecular formula is C12H11BrClN3O. The van der Waals surface area contributed by atoms with Gasteiger partial charge in [0.25, 0.3) is 0 Å². The third-order valence-corrected chi connectivity index (χ3v) is 2.98. The fourth-order valence-electron chi connectivity index (χ4n) is 1.35. The van der Waals surface area contributed by atoms with E-state index in [0.29, 0.717) is 27.9 Å². The molecule has 6 heteroatoms. The van der Waals surface area contributed by atoms with Gasteiger partial charge >= 0.3 is 0 Å². The van der Waals surface area contributed by atoms with Crippen LogP contribution in [0.4, 0.5) is 5.95 Å². The minimum Gasteiger partial charge on any atom is -0.472 e. The summed E-state index contributed by atoms with van der Waals surface area (Å²) in [6, 6.07) is 7.51. The van der Waals surface area contributed by atoms with Gasteiger partial charge in [0.1, 0.15) is 6.61 Å². The number of nitrogens with zero attached hydrogens (tertiary/aromatic N) is 2. The van der Waals surface area contributed by atoms with Crippen molar-refractivity contribution in [2.75, 3.05) is 12.4 Å². The fourth-order valence-corrected chi connectivity index (χ4v) is 1.87. The monoisotopic (exact) mass is 327 g/mol. The lowest BCUT2D eigenvalue weighted by atomic mass is 10.2. The Balaban J connectivity index is 2.10. The van der Waals surface area contributed by atoms with Crippen molar-refractivity contribution >= 4 is 33.5 Å². The predicted molar refractivity (Wildman–Crippen MR) is 75.1 cm³/mol. The molecule has 0 atom stereocenters. The van der Waals surface area contributed by atoms with E-state index in [-0.39, 0.29) is 0 Å². The highest BCUT2D eigenvalue weighted by atomic mass is 79.9. The van der Waals surface area contributed by atoms with Crippen LogP contribution in [0.3, 0.4) is 0 Å². The lowest BCUT2D eigenvalue weighted by molar-refractivity contribution is 0.291. The van der Waals surface area contributed by atoms with Crippen molar-refractivity contribution in [3.05, 3.63) is 45.5 Å². The Morgan fingerprint density at radius 1 is 1.44 bits per heavy atom. The predicted octanol–water partition coefficient (Wildman–Crippen LogP) is 3.51. The molecule has 1 heterocycles. The van der Waals surface area contributed by atoms with E-state index in [0.717, 1.165) is 5.56 Å². The first-order chi connectivity index (χ1) is 8.69. The summed E-state index contributed by atoms with van der Waals surface area (Å²) in [5.41, 5.74) is 0.985. The lowest BCUT2D eigenvalue weighted by Gasteiger charge is -2.08. The molecule has 0 spiro atoms.